The van der Waals surface area contributed by atoms with E-state index in [9.17, 15) is 4.79 Å². The molecule has 19 heavy (non-hydrogen) atoms. The first-order chi connectivity index (χ1) is 9.08. The van der Waals surface area contributed by atoms with Crippen LogP contribution in [0.15, 0.2) is 29.6 Å². The summed E-state index contributed by atoms with van der Waals surface area (Å²) in [6, 6.07) is 7.72. The van der Waals surface area contributed by atoms with Crippen molar-refractivity contribution in [2.75, 3.05) is 0 Å². The number of rotatable bonds is 5. The van der Waals surface area contributed by atoms with Crippen LogP contribution in [0.25, 0.3) is 0 Å². The van der Waals surface area contributed by atoms with Gasteiger partial charge in [-0.05, 0) is 54.1 Å². The molecule has 0 unspecified atom stereocenters. The molecule has 0 saturated heterocycles. The van der Waals surface area contributed by atoms with Crippen LogP contribution in [-0.2, 0) is 13.1 Å². The topological polar surface area (TPSA) is 55.1 Å². The van der Waals surface area contributed by atoms with E-state index in [1.54, 1.807) is 17.4 Å². The first-order valence-electron chi connectivity index (χ1n) is 6.21. The van der Waals surface area contributed by atoms with Gasteiger partial charge in [-0.25, -0.2) is 0 Å². The fourth-order valence-electron chi connectivity index (χ4n) is 1.94. The SMILES string of the molecule is Cc1cc(C(N)=O)ccc1CNCc1sccc1C. The van der Waals surface area contributed by atoms with Gasteiger partial charge in [0.2, 0.25) is 5.91 Å². The Labute approximate surface area is 117 Å². The summed E-state index contributed by atoms with van der Waals surface area (Å²) < 4.78 is 0. The van der Waals surface area contributed by atoms with Crippen LogP contribution < -0.4 is 11.1 Å². The van der Waals surface area contributed by atoms with Crippen molar-refractivity contribution in [3.8, 4) is 0 Å². The van der Waals surface area contributed by atoms with Gasteiger partial charge in [-0.15, -0.1) is 11.3 Å². The van der Waals surface area contributed by atoms with Gasteiger partial charge in [0.15, 0.2) is 0 Å². The molecule has 0 aliphatic rings. The largest absolute Gasteiger partial charge is 0.366 e. The van der Waals surface area contributed by atoms with Crippen molar-refractivity contribution in [3.05, 3.63) is 56.8 Å². The molecule has 0 aliphatic heterocycles. The third-order valence-corrected chi connectivity index (χ3v) is 4.22. The van der Waals surface area contributed by atoms with Crippen LogP contribution in [0.5, 0.6) is 0 Å². The van der Waals surface area contributed by atoms with Crippen LogP contribution in [-0.4, -0.2) is 5.91 Å². The standard InChI is InChI=1S/C15H18N2OS/c1-10-5-6-19-14(10)9-17-8-13-4-3-12(15(16)18)7-11(13)2/h3-7,17H,8-9H2,1-2H3,(H2,16,18). The summed E-state index contributed by atoms with van der Waals surface area (Å²) in [5.74, 6) is -0.378. The molecule has 100 valence electrons. The fraction of sp³-hybridized carbons (Fsp3) is 0.267. The number of nitrogens with two attached hydrogens (primary N) is 1. The second-order valence-corrected chi connectivity index (χ2v) is 5.64. The zero-order valence-electron chi connectivity index (χ0n) is 11.2. The van der Waals surface area contributed by atoms with E-state index in [0.717, 1.165) is 18.7 Å². The lowest BCUT2D eigenvalue weighted by Crippen LogP contribution is -2.15. The average molecular weight is 274 g/mol. The molecular formula is C15H18N2OS. The lowest BCUT2D eigenvalue weighted by Gasteiger charge is -2.08. The summed E-state index contributed by atoms with van der Waals surface area (Å²) in [7, 11) is 0. The number of benzene rings is 1. The minimum Gasteiger partial charge on any atom is -0.366 e. The number of thiophene rings is 1. The molecule has 1 aromatic carbocycles. The third-order valence-electron chi connectivity index (χ3n) is 3.20. The molecular weight excluding hydrogens is 256 g/mol. The molecule has 2 aromatic rings. The van der Waals surface area contributed by atoms with Crippen molar-refractivity contribution in [2.45, 2.75) is 26.9 Å². The normalized spacial score (nSPS) is 10.6. The van der Waals surface area contributed by atoms with Crippen molar-refractivity contribution in [2.24, 2.45) is 5.73 Å². The van der Waals surface area contributed by atoms with E-state index >= 15 is 0 Å². The van der Waals surface area contributed by atoms with Crippen molar-refractivity contribution >= 4 is 17.2 Å². The van der Waals surface area contributed by atoms with E-state index in [1.165, 1.54) is 16.0 Å². The monoisotopic (exact) mass is 274 g/mol. The number of primary amides is 1. The molecule has 1 heterocycles. The van der Waals surface area contributed by atoms with Crippen LogP contribution in [0.1, 0.15) is 31.9 Å². The number of aryl methyl sites for hydroxylation is 2. The van der Waals surface area contributed by atoms with Gasteiger partial charge < -0.3 is 11.1 Å². The van der Waals surface area contributed by atoms with Gasteiger partial charge in [0, 0.05) is 23.5 Å². The maximum Gasteiger partial charge on any atom is 0.248 e. The van der Waals surface area contributed by atoms with Crippen molar-refractivity contribution in [3.63, 3.8) is 0 Å². The smallest absolute Gasteiger partial charge is 0.248 e. The molecule has 0 radical (unpaired) electrons. The lowest BCUT2D eigenvalue weighted by molar-refractivity contribution is 0.1000. The zero-order chi connectivity index (χ0) is 13.8. The van der Waals surface area contributed by atoms with Gasteiger partial charge in [0.05, 0.1) is 0 Å². The Morgan fingerprint density at radius 2 is 2.00 bits per heavy atom. The molecule has 4 heteroatoms. The zero-order valence-corrected chi connectivity index (χ0v) is 12.0. The van der Waals surface area contributed by atoms with E-state index in [-0.39, 0.29) is 5.91 Å². The molecule has 0 spiro atoms. The van der Waals surface area contributed by atoms with Crippen LogP contribution >= 0.6 is 11.3 Å². The van der Waals surface area contributed by atoms with E-state index in [2.05, 4.69) is 23.7 Å². The highest BCUT2D eigenvalue weighted by atomic mass is 32.1. The number of hydrogen-bond acceptors (Lipinski definition) is 3. The van der Waals surface area contributed by atoms with Crippen molar-refractivity contribution in [1.29, 1.82) is 0 Å². The molecule has 0 bridgehead atoms. The molecule has 2 rings (SSSR count). The lowest BCUT2D eigenvalue weighted by atomic mass is 10.0. The van der Waals surface area contributed by atoms with Crippen LogP contribution in [0.2, 0.25) is 0 Å². The predicted octanol–water partition coefficient (Wildman–Crippen LogP) is 2.75. The van der Waals surface area contributed by atoms with E-state index in [0.29, 0.717) is 5.56 Å². The maximum absolute atomic E-state index is 11.1. The summed E-state index contributed by atoms with van der Waals surface area (Å²) in [4.78, 5) is 12.4. The summed E-state index contributed by atoms with van der Waals surface area (Å²) in [5.41, 5.74) is 9.44. The quantitative estimate of drug-likeness (QED) is 0.881. The molecule has 3 N–H and O–H groups in total. The highest BCUT2D eigenvalue weighted by Crippen LogP contribution is 2.16. The predicted molar refractivity (Wildman–Crippen MR) is 79.3 cm³/mol. The minimum atomic E-state index is -0.378. The van der Waals surface area contributed by atoms with E-state index < -0.39 is 0 Å². The van der Waals surface area contributed by atoms with Crippen LogP contribution in [0.3, 0.4) is 0 Å². The molecule has 0 aliphatic carbocycles. The number of nitrogens with one attached hydrogen (secondary N) is 1. The number of amides is 1. The number of carbonyl (C=O) groups excluding carboxylic acids is 1. The van der Waals surface area contributed by atoms with Gasteiger partial charge in [-0.2, -0.15) is 0 Å². The summed E-state index contributed by atoms with van der Waals surface area (Å²) >= 11 is 1.77. The summed E-state index contributed by atoms with van der Waals surface area (Å²) in [6.07, 6.45) is 0. The van der Waals surface area contributed by atoms with Gasteiger partial charge in [-0.1, -0.05) is 6.07 Å². The van der Waals surface area contributed by atoms with Gasteiger partial charge in [0.25, 0.3) is 0 Å². The Balaban J connectivity index is 1.96. The molecule has 1 amide bonds. The number of carbonyl (C=O) groups is 1. The Morgan fingerprint density at radius 1 is 1.21 bits per heavy atom. The number of hydrogen-bond donors (Lipinski definition) is 2. The van der Waals surface area contributed by atoms with Gasteiger partial charge in [-0.3, -0.25) is 4.79 Å². The first kappa shape index (κ1) is 13.8. The minimum absolute atomic E-state index is 0.378. The molecule has 3 nitrogen and oxygen atoms in total. The van der Waals surface area contributed by atoms with Crippen LogP contribution in [0, 0.1) is 13.8 Å². The molecule has 1 aromatic heterocycles. The third kappa shape index (κ3) is 3.43. The summed E-state index contributed by atoms with van der Waals surface area (Å²) in [5, 5.41) is 5.54. The molecule has 0 fully saturated rings. The Kier molecular flexibility index (Phi) is 4.35. The molecule has 0 saturated carbocycles. The molecule has 0 atom stereocenters. The van der Waals surface area contributed by atoms with Gasteiger partial charge in [0.1, 0.15) is 0 Å². The van der Waals surface area contributed by atoms with E-state index in [4.69, 9.17) is 5.73 Å². The van der Waals surface area contributed by atoms with Crippen molar-refractivity contribution < 1.29 is 4.79 Å². The Hall–Kier alpha value is -1.65. The Bertz CT molecular complexity index is 590. The second-order valence-electron chi connectivity index (χ2n) is 4.64. The van der Waals surface area contributed by atoms with Crippen molar-refractivity contribution in [1.82, 2.24) is 5.32 Å². The highest BCUT2D eigenvalue weighted by molar-refractivity contribution is 7.10. The highest BCUT2D eigenvalue weighted by Gasteiger charge is 2.04. The average Bonchev–Trinajstić information content (AvgIpc) is 2.77. The Morgan fingerprint density at radius 3 is 2.58 bits per heavy atom. The fourth-order valence-corrected chi connectivity index (χ4v) is 2.82. The van der Waals surface area contributed by atoms with Crippen LogP contribution in [0.4, 0.5) is 0 Å². The first-order valence-corrected chi connectivity index (χ1v) is 7.09. The van der Waals surface area contributed by atoms with E-state index in [1.807, 2.05) is 19.1 Å². The van der Waals surface area contributed by atoms with Gasteiger partial charge >= 0.3 is 0 Å². The maximum atomic E-state index is 11.1. The summed E-state index contributed by atoms with van der Waals surface area (Å²) in [6.45, 7) is 5.79. The second kappa shape index (κ2) is 5.99.